The van der Waals surface area contributed by atoms with Crippen molar-refractivity contribution in [2.75, 3.05) is 47.5 Å². The van der Waals surface area contributed by atoms with Gasteiger partial charge < -0.3 is 18.9 Å². The highest BCUT2D eigenvalue weighted by atomic mass is 31.2. The summed E-state index contributed by atoms with van der Waals surface area (Å²) in [6, 6.07) is 0. The number of ether oxygens (including phenoxy) is 2. The summed E-state index contributed by atoms with van der Waals surface area (Å²) in [6.45, 7) is 4.19. The molecule has 0 aromatic carbocycles. The summed E-state index contributed by atoms with van der Waals surface area (Å²) >= 11 is 0. The van der Waals surface area contributed by atoms with Crippen molar-refractivity contribution in [2.24, 2.45) is 0 Å². The molecule has 1 N–H and O–H groups in total. The monoisotopic (exact) mass is 1210 g/mol. The molecule has 0 aliphatic carbocycles. The molecule has 86 heavy (non-hydrogen) atoms. The Labute approximate surface area is 528 Å². The number of likely N-dealkylation sites (N-methyl/N-ethyl adjacent to an activating group) is 1. The molecule has 0 aromatic rings. The molecule has 0 aliphatic rings. The first kappa shape index (κ1) is 81.6. The van der Waals surface area contributed by atoms with Crippen LogP contribution in [0.15, 0.2) is 158 Å². The lowest BCUT2D eigenvalue weighted by Crippen LogP contribution is -2.37. The summed E-state index contributed by atoms with van der Waals surface area (Å²) < 4.78 is 34.7. The highest BCUT2D eigenvalue weighted by Gasteiger charge is 2.27. The minimum Gasteiger partial charge on any atom is -0.462 e. The number of hydrogen-bond donors (Lipinski definition) is 1. The molecule has 0 saturated heterocycles. The number of rotatable bonds is 61. The number of hydrogen-bond acceptors (Lipinski definition) is 7. The second-order valence-corrected chi connectivity index (χ2v) is 24.9. The summed E-state index contributed by atoms with van der Waals surface area (Å²) in [7, 11) is 1.46. The van der Waals surface area contributed by atoms with Gasteiger partial charge in [0.25, 0.3) is 0 Å². The predicted octanol–water partition coefficient (Wildman–Crippen LogP) is 22.4. The number of carbonyl (C=O) groups is 2. The average Bonchev–Trinajstić information content (AvgIpc) is 3.56. The molecule has 0 amide bonds. The molecule has 0 fully saturated rings. The summed E-state index contributed by atoms with van der Waals surface area (Å²) in [4.78, 5) is 35.9. The maximum atomic E-state index is 12.9. The van der Waals surface area contributed by atoms with Gasteiger partial charge in [-0.15, -0.1) is 0 Å². The SMILES string of the molecule is CC/C=C\C/C=C\C/C=C\C/C=C\C/C=C\C/C=C\C/C=C\C/C=C\CCCCCCCCCCCCC(=O)OC(COC(=O)CCCCCCCCCCCCC/C=C\C/C=C\C/C=C\C/C=C\C/C=C\CC)COP(=O)(O)OCC[N+](C)(C)C. The maximum absolute atomic E-state index is 12.9. The Hall–Kier alpha value is -4.37. The quantitative estimate of drug-likeness (QED) is 0.0211. The Morgan fingerprint density at radius 3 is 0.930 bits per heavy atom. The van der Waals surface area contributed by atoms with Gasteiger partial charge in [-0.05, 0) is 122 Å². The number of quaternary nitrogens is 1. The molecule has 0 rings (SSSR count). The van der Waals surface area contributed by atoms with E-state index in [0.717, 1.165) is 128 Å². The Bertz CT molecular complexity index is 2010. The number of nitrogens with zero attached hydrogens (tertiary/aromatic N) is 1. The number of phosphoric acid groups is 1. The third-order valence-electron chi connectivity index (χ3n) is 14.1. The van der Waals surface area contributed by atoms with Crippen LogP contribution < -0.4 is 0 Å². The molecule has 0 bridgehead atoms. The highest BCUT2D eigenvalue weighted by molar-refractivity contribution is 7.47. The van der Waals surface area contributed by atoms with Gasteiger partial charge in [0.15, 0.2) is 6.10 Å². The number of esters is 2. The number of unbranched alkanes of at least 4 members (excludes halogenated alkanes) is 21. The fraction of sp³-hybridized carbons (Fsp3) is 0.632. The van der Waals surface area contributed by atoms with Crippen molar-refractivity contribution in [3.05, 3.63) is 158 Å². The zero-order valence-electron chi connectivity index (χ0n) is 55.5. The van der Waals surface area contributed by atoms with E-state index < -0.39 is 26.5 Å². The number of phosphoric ester groups is 1. The lowest BCUT2D eigenvalue weighted by atomic mass is 10.0. The van der Waals surface area contributed by atoms with Crippen LogP contribution in [0.3, 0.4) is 0 Å². The molecule has 0 radical (unpaired) electrons. The predicted molar refractivity (Wildman–Crippen MR) is 371 cm³/mol. The zero-order chi connectivity index (χ0) is 62.6. The third kappa shape index (κ3) is 68.7. The van der Waals surface area contributed by atoms with Crippen molar-refractivity contribution in [2.45, 2.75) is 264 Å². The van der Waals surface area contributed by atoms with Gasteiger partial charge >= 0.3 is 19.8 Å². The van der Waals surface area contributed by atoms with Crippen molar-refractivity contribution in [3.8, 4) is 0 Å². The first-order valence-electron chi connectivity index (χ1n) is 34.2. The van der Waals surface area contributed by atoms with Crippen LogP contribution in [0.2, 0.25) is 0 Å². The summed E-state index contributed by atoms with van der Waals surface area (Å²) in [5.74, 6) is -0.812. The van der Waals surface area contributed by atoms with Gasteiger partial charge in [0, 0.05) is 12.8 Å². The lowest BCUT2D eigenvalue weighted by Gasteiger charge is -2.24. The fourth-order valence-corrected chi connectivity index (χ4v) is 9.62. The Morgan fingerprint density at radius 1 is 0.360 bits per heavy atom. The average molecular weight is 1210 g/mol. The van der Waals surface area contributed by atoms with E-state index in [4.69, 9.17) is 18.5 Å². The van der Waals surface area contributed by atoms with E-state index in [0.29, 0.717) is 17.4 Å². The van der Waals surface area contributed by atoms with Crippen molar-refractivity contribution < 1.29 is 42.1 Å². The number of carbonyl (C=O) groups excluding carboxylic acids is 2. The van der Waals surface area contributed by atoms with Gasteiger partial charge in [0.1, 0.15) is 19.8 Å². The molecule has 0 aromatic heterocycles. The van der Waals surface area contributed by atoms with E-state index in [2.05, 4.69) is 172 Å². The lowest BCUT2D eigenvalue weighted by molar-refractivity contribution is -0.870. The normalized spacial score (nSPS) is 14.2. The van der Waals surface area contributed by atoms with Crippen LogP contribution >= 0.6 is 7.82 Å². The first-order chi connectivity index (χ1) is 42.0. The van der Waals surface area contributed by atoms with E-state index in [1.165, 1.54) is 96.3 Å². The topological polar surface area (TPSA) is 108 Å². The first-order valence-corrected chi connectivity index (χ1v) is 35.7. The van der Waals surface area contributed by atoms with Crippen LogP contribution in [-0.4, -0.2) is 74.9 Å². The highest BCUT2D eigenvalue weighted by Crippen LogP contribution is 2.43. The van der Waals surface area contributed by atoms with Gasteiger partial charge in [-0.2, -0.15) is 0 Å². The largest absolute Gasteiger partial charge is 0.472 e. The number of allylic oxidation sites excluding steroid dienone is 26. The molecule has 10 heteroatoms. The Balaban J connectivity index is 4.13. The van der Waals surface area contributed by atoms with Crippen LogP contribution in [0.4, 0.5) is 0 Å². The molecule has 0 aliphatic heterocycles. The third-order valence-corrected chi connectivity index (χ3v) is 15.0. The molecule has 2 atom stereocenters. The van der Waals surface area contributed by atoms with E-state index in [9.17, 15) is 19.0 Å². The van der Waals surface area contributed by atoms with Crippen LogP contribution in [-0.2, 0) is 32.7 Å². The molecular weight excluding hydrogens is 1090 g/mol. The summed E-state index contributed by atoms with van der Waals surface area (Å²) in [6.07, 6.45) is 97.6. The van der Waals surface area contributed by atoms with Gasteiger partial charge in [0.05, 0.1) is 27.7 Å². The summed E-state index contributed by atoms with van der Waals surface area (Å²) in [5, 5.41) is 0. The van der Waals surface area contributed by atoms with E-state index in [-0.39, 0.29) is 32.0 Å². The van der Waals surface area contributed by atoms with Crippen LogP contribution in [0.25, 0.3) is 0 Å². The van der Waals surface area contributed by atoms with Crippen molar-refractivity contribution in [3.63, 3.8) is 0 Å². The Morgan fingerprint density at radius 2 is 0.628 bits per heavy atom. The van der Waals surface area contributed by atoms with Crippen LogP contribution in [0.1, 0.15) is 258 Å². The van der Waals surface area contributed by atoms with Gasteiger partial charge in [-0.1, -0.05) is 281 Å². The minimum atomic E-state index is -4.40. The maximum Gasteiger partial charge on any atom is 0.472 e. The van der Waals surface area contributed by atoms with Crippen LogP contribution in [0.5, 0.6) is 0 Å². The molecule has 0 saturated carbocycles. The smallest absolute Gasteiger partial charge is 0.462 e. The standard InChI is InChI=1S/C76H126NO8P/c1-6-8-10-12-14-16-18-20-22-24-26-28-30-32-34-35-36-37-38-39-40-41-43-45-47-49-51-53-55-57-59-61-63-65-67-69-76(79)85-74(73-84-86(80,81)83-71-70-77(3,4)5)72-82-75(78)68-66-64-62-60-58-56-54-52-50-48-46-44-42-33-31-29-27-25-23-21-19-17-15-13-11-9-7-2/h8-11,14-17,20-23,26-29,32-34,36-37,39-40,42-43,45,74H,6-7,12-13,18-19,24-25,30-31,35,38,41,44,46-73H2,1-5H3/p+1/b10-8-,11-9-,16-14-,17-15-,22-20-,23-21-,28-26-,29-27-,34-32-,37-36-,40-39-,42-33-,45-43-. The van der Waals surface area contributed by atoms with Gasteiger partial charge in [-0.25, -0.2) is 4.57 Å². The Kier molecular flexibility index (Phi) is 61.8. The van der Waals surface area contributed by atoms with E-state index in [1.807, 2.05) is 21.1 Å². The minimum absolute atomic E-state index is 0.0226. The van der Waals surface area contributed by atoms with Crippen molar-refractivity contribution in [1.29, 1.82) is 0 Å². The van der Waals surface area contributed by atoms with Crippen molar-refractivity contribution in [1.82, 2.24) is 0 Å². The van der Waals surface area contributed by atoms with E-state index >= 15 is 0 Å². The molecule has 0 heterocycles. The molecule has 9 nitrogen and oxygen atoms in total. The second-order valence-electron chi connectivity index (χ2n) is 23.4. The molecule has 0 spiro atoms. The molecule has 488 valence electrons. The fourth-order valence-electron chi connectivity index (χ4n) is 8.88. The van der Waals surface area contributed by atoms with E-state index in [1.54, 1.807) is 0 Å². The van der Waals surface area contributed by atoms with Gasteiger partial charge in [-0.3, -0.25) is 18.6 Å². The van der Waals surface area contributed by atoms with Crippen LogP contribution in [0, 0.1) is 0 Å². The zero-order valence-corrected chi connectivity index (χ0v) is 56.4. The van der Waals surface area contributed by atoms with Gasteiger partial charge in [0.2, 0.25) is 0 Å². The molecule has 2 unspecified atom stereocenters. The van der Waals surface area contributed by atoms with Crippen molar-refractivity contribution >= 4 is 19.8 Å². The second kappa shape index (κ2) is 65.1. The summed E-state index contributed by atoms with van der Waals surface area (Å²) in [5.41, 5.74) is 0. The molecular formula is C76H127NO8P+.